The molecule has 7 nitrogen and oxygen atoms in total. The van der Waals surface area contributed by atoms with Gasteiger partial charge in [-0.1, -0.05) is 6.07 Å². The lowest BCUT2D eigenvalue weighted by Crippen LogP contribution is -2.31. The number of amides is 1. The molecule has 0 aromatic carbocycles. The van der Waals surface area contributed by atoms with Gasteiger partial charge in [-0.2, -0.15) is 5.10 Å². The molecule has 3 aromatic heterocycles. The first kappa shape index (κ1) is 14.9. The van der Waals surface area contributed by atoms with E-state index in [0.717, 1.165) is 43.8 Å². The van der Waals surface area contributed by atoms with Crippen molar-refractivity contribution in [1.29, 1.82) is 0 Å². The molecule has 3 aromatic rings. The fraction of sp³-hybridized carbons (Fsp3) is 0.353. The van der Waals surface area contributed by atoms with Gasteiger partial charge in [-0.05, 0) is 30.9 Å². The van der Waals surface area contributed by atoms with Gasteiger partial charge in [0.1, 0.15) is 5.65 Å². The van der Waals surface area contributed by atoms with Crippen LogP contribution in [0, 0.1) is 5.92 Å². The Morgan fingerprint density at radius 2 is 2.33 bits per heavy atom. The standard InChI is InChI=1S/C17H20N6O/c18-17(24)14-10-21-23-11-12(4-5-15(14)23)8-19-9-13-2-1-3-16-20-6-7-22(13)16/h1-3,6-7,10,12,19H,4-5,8-9,11H2,(H2,18,24)/t12-/m0/s1. The first-order valence-electron chi connectivity index (χ1n) is 8.18. The third-order valence-corrected chi connectivity index (χ3v) is 4.69. The molecule has 0 saturated heterocycles. The number of pyridine rings is 1. The minimum absolute atomic E-state index is 0.388. The van der Waals surface area contributed by atoms with Crippen molar-refractivity contribution in [2.75, 3.05) is 6.54 Å². The van der Waals surface area contributed by atoms with Crippen LogP contribution in [0.25, 0.3) is 5.65 Å². The van der Waals surface area contributed by atoms with Crippen molar-refractivity contribution >= 4 is 11.6 Å². The topological polar surface area (TPSA) is 90.2 Å². The smallest absolute Gasteiger partial charge is 0.252 e. The zero-order chi connectivity index (χ0) is 16.5. The molecular formula is C17H20N6O. The lowest BCUT2D eigenvalue weighted by molar-refractivity contribution is 0.0998. The highest BCUT2D eigenvalue weighted by atomic mass is 16.1. The minimum Gasteiger partial charge on any atom is -0.365 e. The Balaban J connectivity index is 1.37. The van der Waals surface area contributed by atoms with E-state index in [9.17, 15) is 4.79 Å². The number of nitrogens with zero attached hydrogens (tertiary/aromatic N) is 4. The van der Waals surface area contributed by atoms with Crippen LogP contribution in [0.1, 0.15) is 28.2 Å². The van der Waals surface area contributed by atoms with Crippen molar-refractivity contribution in [2.24, 2.45) is 11.7 Å². The number of imidazole rings is 1. The number of hydrogen-bond acceptors (Lipinski definition) is 4. The van der Waals surface area contributed by atoms with E-state index in [0.29, 0.717) is 11.5 Å². The zero-order valence-corrected chi connectivity index (χ0v) is 13.4. The van der Waals surface area contributed by atoms with Crippen molar-refractivity contribution in [3.8, 4) is 0 Å². The summed E-state index contributed by atoms with van der Waals surface area (Å²) >= 11 is 0. The molecular weight excluding hydrogens is 304 g/mol. The van der Waals surface area contributed by atoms with E-state index in [2.05, 4.69) is 25.9 Å². The van der Waals surface area contributed by atoms with E-state index in [1.54, 1.807) is 6.20 Å². The Morgan fingerprint density at radius 1 is 1.42 bits per heavy atom. The number of carbonyl (C=O) groups excluding carboxylic acids is 1. The Bertz CT molecular complexity index is 880. The van der Waals surface area contributed by atoms with Gasteiger partial charge in [0.05, 0.1) is 17.5 Å². The lowest BCUT2D eigenvalue weighted by Gasteiger charge is -2.24. The molecule has 1 aliphatic heterocycles. The van der Waals surface area contributed by atoms with Crippen molar-refractivity contribution in [3.63, 3.8) is 0 Å². The summed E-state index contributed by atoms with van der Waals surface area (Å²) in [6, 6.07) is 6.13. The highest BCUT2D eigenvalue weighted by Gasteiger charge is 2.23. The molecule has 3 N–H and O–H groups in total. The predicted molar refractivity (Wildman–Crippen MR) is 89.5 cm³/mol. The monoisotopic (exact) mass is 324 g/mol. The molecule has 4 rings (SSSR count). The van der Waals surface area contributed by atoms with Crippen LogP contribution in [0.4, 0.5) is 0 Å². The molecule has 1 atom stereocenters. The van der Waals surface area contributed by atoms with Crippen LogP contribution >= 0.6 is 0 Å². The quantitative estimate of drug-likeness (QED) is 0.732. The molecule has 0 aliphatic carbocycles. The van der Waals surface area contributed by atoms with Gasteiger partial charge in [0.15, 0.2) is 0 Å². The van der Waals surface area contributed by atoms with Gasteiger partial charge in [-0.3, -0.25) is 9.48 Å². The maximum atomic E-state index is 11.4. The third kappa shape index (κ3) is 2.67. The summed E-state index contributed by atoms with van der Waals surface area (Å²) in [6.45, 7) is 2.53. The second-order valence-corrected chi connectivity index (χ2v) is 6.26. The normalized spacial score (nSPS) is 17.1. The second-order valence-electron chi connectivity index (χ2n) is 6.26. The molecule has 0 unspecified atom stereocenters. The van der Waals surface area contributed by atoms with Crippen LogP contribution in [0.2, 0.25) is 0 Å². The molecule has 0 saturated carbocycles. The highest BCUT2D eigenvalue weighted by molar-refractivity contribution is 5.93. The van der Waals surface area contributed by atoms with Crippen LogP contribution in [-0.4, -0.2) is 31.6 Å². The molecule has 124 valence electrons. The van der Waals surface area contributed by atoms with Crippen molar-refractivity contribution in [3.05, 3.63) is 53.7 Å². The number of primary amides is 1. The molecule has 7 heteroatoms. The van der Waals surface area contributed by atoms with Gasteiger partial charge < -0.3 is 15.5 Å². The summed E-state index contributed by atoms with van der Waals surface area (Å²) in [5.74, 6) is 0.112. The number of nitrogens with two attached hydrogens (primary N) is 1. The highest BCUT2D eigenvalue weighted by Crippen LogP contribution is 2.21. The van der Waals surface area contributed by atoms with Gasteiger partial charge in [0.2, 0.25) is 0 Å². The summed E-state index contributed by atoms with van der Waals surface area (Å²) in [4.78, 5) is 15.7. The first-order chi connectivity index (χ1) is 11.7. The summed E-state index contributed by atoms with van der Waals surface area (Å²) < 4.78 is 4.02. The third-order valence-electron chi connectivity index (χ3n) is 4.69. The Kier molecular flexibility index (Phi) is 3.78. The van der Waals surface area contributed by atoms with Crippen LogP contribution in [0.5, 0.6) is 0 Å². The minimum atomic E-state index is -0.388. The van der Waals surface area contributed by atoms with Crippen molar-refractivity contribution in [1.82, 2.24) is 24.5 Å². The van der Waals surface area contributed by atoms with E-state index in [4.69, 9.17) is 5.73 Å². The molecule has 4 heterocycles. The predicted octanol–water partition coefficient (Wildman–Crippen LogP) is 0.982. The van der Waals surface area contributed by atoms with Crippen LogP contribution in [0.15, 0.2) is 36.8 Å². The molecule has 0 bridgehead atoms. The Hall–Kier alpha value is -2.67. The van der Waals surface area contributed by atoms with E-state index in [1.165, 1.54) is 5.69 Å². The average molecular weight is 324 g/mol. The van der Waals surface area contributed by atoms with Gasteiger partial charge in [-0.15, -0.1) is 0 Å². The van der Waals surface area contributed by atoms with Crippen molar-refractivity contribution < 1.29 is 4.79 Å². The second kappa shape index (κ2) is 6.09. The number of aromatic nitrogens is 4. The van der Waals surface area contributed by atoms with E-state index in [1.807, 2.05) is 29.2 Å². The number of fused-ring (bicyclic) bond motifs is 2. The van der Waals surface area contributed by atoms with Gasteiger partial charge in [0, 0.05) is 37.7 Å². The van der Waals surface area contributed by atoms with Crippen molar-refractivity contribution in [2.45, 2.75) is 25.9 Å². The molecule has 0 spiro atoms. The number of rotatable bonds is 5. The Morgan fingerprint density at radius 3 is 3.21 bits per heavy atom. The molecule has 1 amide bonds. The number of carbonyl (C=O) groups is 1. The summed E-state index contributed by atoms with van der Waals surface area (Å²) in [7, 11) is 0. The molecule has 1 aliphatic rings. The zero-order valence-electron chi connectivity index (χ0n) is 13.4. The Labute approximate surface area is 139 Å². The summed E-state index contributed by atoms with van der Waals surface area (Å²) in [5.41, 5.74) is 9.08. The summed E-state index contributed by atoms with van der Waals surface area (Å²) in [6.07, 6.45) is 7.27. The van der Waals surface area contributed by atoms with E-state index < -0.39 is 0 Å². The number of hydrogen-bond donors (Lipinski definition) is 2. The van der Waals surface area contributed by atoms with E-state index >= 15 is 0 Å². The number of nitrogens with one attached hydrogen (secondary N) is 1. The first-order valence-corrected chi connectivity index (χ1v) is 8.18. The molecule has 0 fully saturated rings. The lowest BCUT2D eigenvalue weighted by atomic mass is 9.96. The van der Waals surface area contributed by atoms with Crippen LogP contribution in [-0.2, 0) is 19.5 Å². The largest absolute Gasteiger partial charge is 0.365 e. The SMILES string of the molecule is NC(=O)c1cnn2c1CC[C@@H](CNCc1cccc3nccn13)C2. The van der Waals surface area contributed by atoms with Crippen LogP contribution < -0.4 is 11.1 Å². The maximum absolute atomic E-state index is 11.4. The van der Waals surface area contributed by atoms with Gasteiger partial charge >= 0.3 is 0 Å². The molecule has 0 radical (unpaired) electrons. The maximum Gasteiger partial charge on any atom is 0.252 e. The molecule has 24 heavy (non-hydrogen) atoms. The van der Waals surface area contributed by atoms with Gasteiger partial charge in [-0.25, -0.2) is 4.98 Å². The van der Waals surface area contributed by atoms with Crippen LogP contribution in [0.3, 0.4) is 0 Å². The van der Waals surface area contributed by atoms with E-state index in [-0.39, 0.29) is 5.91 Å². The van der Waals surface area contributed by atoms with Gasteiger partial charge in [0.25, 0.3) is 5.91 Å². The fourth-order valence-corrected chi connectivity index (χ4v) is 3.44. The average Bonchev–Trinajstić information content (AvgIpc) is 3.21. The fourth-order valence-electron chi connectivity index (χ4n) is 3.44. The summed E-state index contributed by atoms with van der Waals surface area (Å²) in [5, 5.41) is 7.84.